The number of hydrogen-bond acceptors (Lipinski definition) is 4. The Morgan fingerprint density at radius 2 is 1.86 bits per heavy atom. The van der Waals surface area contributed by atoms with Crippen LogP contribution in [0.1, 0.15) is 41.8 Å². The van der Waals surface area contributed by atoms with Gasteiger partial charge in [0.05, 0.1) is 22.3 Å². The van der Waals surface area contributed by atoms with Crippen LogP contribution in [-0.2, 0) is 6.18 Å². The van der Waals surface area contributed by atoms with Gasteiger partial charge in [-0.3, -0.25) is 4.79 Å². The van der Waals surface area contributed by atoms with Crippen LogP contribution >= 0.6 is 0 Å². The van der Waals surface area contributed by atoms with Crippen LogP contribution in [0.4, 0.5) is 18.9 Å². The van der Waals surface area contributed by atoms with Crippen LogP contribution in [0.15, 0.2) is 40.8 Å². The van der Waals surface area contributed by atoms with Gasteiger partial charge in [0, 0.05) is 11.6 Å². The van der Waals surface area contributed by atoms with Crippen LogP contribution in [0.2, 0.25) is 0 Å². The van der Waals surface area contributed by atoms with E-state index in [2.05, 4.69) is 10.3 Å². The molecule has 0 atom stereocenters. The highest BCUT2D eigenvalue weighted by Crippen LogP contribution is 2.41. The molecule has 1 aliphatic rings. The molecule has 2 heterocycles. The molecule has 5 nitrogen and oxygen atoms in total. The summed E-state index contributed by atoms with van der Waals surface area (Å²) in [5.41, 5.74) is 4.88. The number of alkyl halides is 3. The number of aromatic nitrogens is 1. The van der Waals surface area contributed by atoms with Crippen molar-refractivity contribution in [1.29, 1.82) is 0 Å². The van der Waals surface area contributed by atoms with E-state index >= 15 is 0 Å². The molecule has 2 aromatic heterocycles. The summed E-state index contributed by atoms with van der Waals surface area (Å²) in [5, 5.41) is 2.39. The molecular formula is C20H18F3N3O2. The van der Waals surface area contributed by atoms with E-state index in [-0.39, 0.29) is 34.3 Å². The number of fused-ring (bicyclic) bond motifs is 1. The van der Waals surface area contributed by atoms with Gasteiger partial charge in [-0.2, -0.15) is 13.2 Å². The predicted molar refractivity (Wildman–Crippen MR) is 98.6 cm³/mol. The lowest BCUT2D eigenvalue weighted by atomic mass is 10.1. The maximum Gasteiger partial charge on any atom is 0.417 e. The summed E-state index contributed by atoms with van der Waals surface area (Å²) in [7, 11) is 0. The van der Waals surface area contributed by atoms with Gasteiger partial charge in [-0.25, -0.2) is 4.98 Å². The van der Waals surface area contributed by atoms with Crippen molar-refractivity contribution < 1.29 is 22.4 Å². The minimum atomic E-state index is -4.68. The normalized spacial score (nSPS) is 15.2. The molecule has 1 amide bonds. The maximum absolute atomic E-state index is 13.7. The van der Waals surface area contributed by atoms with Crippen LogP contribution in [0.3, 0.4) is 0 Å². The van der Waals surface area contributed by atoms with E-state index in [1.165, 1.54) is 0 Å². The molecule has 0 radical (unpaired) electrons. The van der Waals surface area contributed by atoms with E-state index in [9.17, 15) is 18.0 Å². The Bertz CT molecular complexity index is 1020. The molecule has 0 aliphatic heterocycles. The molecule has 1 saturated carbocycles. The summed E-state index contributed by atoms with van der Waals surface area (Å²) in [6.07, 6.45) is -1.02. The Balaban J connectivity index is 1.84. The summed E-state index contributed by atoms with van der Waals surface area (Å²) < 4.78 is 46.5. The number of nitrogen functional groups attached to an aromatic ring is 1. The first-order chi connectivity index (χ1) is 13.3. The molecule has 0 unspecified atom stereocenters. The number of nitrogens with two attached hydrogens (primary N) is 1. The monoisotopic (exact) mass is 389 g/mol. The number of rotatable bonds is 3. The number of halogens is 3. The molecule has 4 rings (SSSR count). The Hall–Kier alpha value is -3.03. The van der Waals surface area contributed by atoms with E-state index in [1.807, 2.05) is 0 Å². The lowest BCUT2D eigenvalue weighted by molar-refractivity contribution is -0.136. The molecule has 0 saturated heterocycles. The summed E-state index contributed by atoms with van der Waals surface area (Å²) in [6, 6.07) is 9.36. The van der Waals surface area contributed by atoms with Crippen LogP contribution in [0.25, 0.3) is 22.4 Å². The van der Waals surface area contributed by atoms with Crippen LogP contribution in [0, 0.1) is 0 Å². The first kappa shape index (κ1) is 18.3. The Morgan fingerprint density at radius 1 is 1.18 bits per heavy atom. The molecule has 3 N–H and O–H groups in total. The lowest BCUT2D eigenvalue weighted by Gasteiger charge is -2.11. The van der Waals surface area contributed by atoms with Crippen molar-refractivity contribution in [2.45, 2.75) is 37.9 Å². The second kappa shape index (κ2) is 6.85. The molecule has 1 fully saturated rings. The van der Waals surface area contributed by atoms with Gasteiger partial charge in [-0.05, 0) is 18.9 Å². The number of nitrogens with zero attached hydrogens (tertiary/aromatic N) is 1. The van der Waals surface area contributed by atoms with E-state index in [1.54, 1.807) is 30.3 Å². The van der Waals surface area contributed by atoms with Crippen molar-refractivity contribution >= 4 is 22.7 Å². The smallest absolute Gasteiger partial charge is 0.417 e. The first-order valence-electron chi connectivity index (χ1n) is 9.01. The van der Waals surface area contributed by atoms with Crippen molar-refractivity contribution in [3.63, 3.8) is 0 Å². The van der Waals surface area contributed by atoms with Crippen LogP contribution < -0.4 is 11.1 Å². The number of hydrogen-bond donors (Lipinski definition) is 2. The van der Waals surface area contributed by atoms with E-state index in [0.29, 0.717) is 5.56 Å². The van der Waals surface area contributed by atoms with Gasteiger partial charge >= 0.3 is 6.18 Å². The van der Waals surface area contributed by atoms with Gasteiger partial charge in [0.15, 0.2) is 0 Å². The van der Waals surface area contributed by atoms with Crippen molar-refractivity contribution in [3.8, 4) is 11.3 Å². The van der Waals surface area contributed by atoms with Gasteiger partial charge in [-0.1, -0.05) is 43.2 Å². The molecule has 1 aromatic carbocycles. The van der Waals surface area contributed by atoms with E-state index in [0.717, 1.165) is 31.7 Å². The standard InChI is InChI=1S/C20H18F3N3O2/c21-20(22,23)13-10-14(11-6-2-1-3-7-11)26-19-15(13)16(24)17(28-19)18(27)25-12-8-4-5-9-12/h1-3,6-7,10,12H,4-5,8-9,24H2,(H,25,27). The third kappa shape index (κ3) is 3.30. The highest BCUT2D eigenvalue weighted by Gasteiger charge is 2.37. The third-order valence-corrected chi connectivity index (χ3v) is 4.97. The zero-order valence-corrected chi connectivity index (χ0v) is 14.8. The number of nitrogens with one attached hydrogen (secondary N) is 1. The number of benzene rings is 1. The number of furan rings is 1. The Kier molecular flexibility index (Phi) is 4.49. The zero-order chi connectivity index (χ0) is 19.9. The van der Waals surface area contributed by atoms with Crippen molar-refractivity contribution in [2.24, 2.45) is 0 Å². The van der Waals surface area contributed by atoms with Gasteiger partial charge in [0.25, 0.3) is 5.91 Å². The average molecular weight is 389 g/mol. The van der Waals surface area contributed by atoms with Gasteiger partial charge in [0.2, 0.25) is 11.5 Å². The first-order valence-corrected chi connectivity index (χ1v) is 9.01. The van der Waals surface area contributed by atoms with E-state index < -0.39 is 17.6 Å². The molecule has 0 bridgehead atoms. The molecule has 0 spiro atoms. The largest absolute Gasteiger partial charge is 0.430 e. The fourth-order valence-corrected chi connectivity index (χ4v) is 3.59. The van der Waals surface area contributed by atoms with E-state index in [4.69, 9.17) is 10.2 Å². The molecule has 28 heavy (non-hydrogen) atoms. The number of anilines is 1. The minimum Gasteiger partial charge on any atom is -0.430 e. The highest BCUT2D eigenvalue weighted by molar-refractivity contribution is 6.06. The SMILES string of the molecule is Nc1c(C(=O)NC2CCCC2)oc2nc(-c3ccccc3)cc(C(F)(F)F)c12. The second-order valence-electron chi connectivity index (χ2n) is 6.90. The summed E-state index contributed by atoms with van der Waals surface area (Å²) in [5.74, 6) is -0.943. The quantitative estimate of drug-likeness (QED) is 0.676. The van der Waals surface area contributed by atoms with Crippen LogP contribution in [-0.4, -0.2) is 16.9 Å². The molecule has 3 aromatic rings. The van der Waals surface area contributed by atoms with Gasteiger partial charge in [0.1, 0.15) is 0 Å². The maximum atomic E-state index is 13.7. The van der Waals surface area contributed by atoms with Crippen LogP contribution in [0.5, 0.6) is 0 Å². The number of amides is 1. The Labute approximate surface area is 158 Å². The van der Waals surface area contributed by atoms with Crippen molar-refractivity contribution in [3.05, 3.63) is 47.7 Å². The predicted octanol–water partition coefficient (Wildman–Crippen LogP) is 4.77. The summed E-state index contributed by atoms with van der Waals surface area (Å²) >= 11 is 0. The zero-order valence-electron chi connectivity index (χ0n) is 14.8. The Morgan fingerprint density at radius 3 is 2.50 bits per heavy atom. The van der Waals surface area contributed by atoms with Gasteiger partial charge < -0.3 is 15.5 Å². The topological polar surface area (TPSA) is 81.2 Å². The van der Waals surface area contributed by atoms with Gasteiger partial charge in [-0.15, -0.1) is 0 Å². The highest BCUT2D eigenvalue weighted by atomic mass is 19.4. The molecule has 146 valence electrons. The summed E-state index contributed by atoms with van der Waals surface area (Å²) in [4.78, 5) is 16.7. The number of pyridine rings is 1. The van der Waals surface area contributed by atoms with Crippen molar-refractivity contribution in [2.75, 3.05) is 5.73 Å². The second-order valence-corrected chi connectivity index (χ2v) is 6.90. The average Bonchev–Trinajstić information content (AvgIpc) is 3.29. The molecule has 8 heteroatoms. The molecule has 1 aliphatic carbocycles. The number of carbonyl (C=O) groups excluding carboxylic acids is 1. The third-order valence-electron chi connectivity index (χ3n) is 4.97. The summed E-state index contributed by atoms with van der Waals surface area (Å²) in [6.45, 7) is 0. The molecular weight excluding hydrogens is 371 g/mol. The lowest BCUT2D eigenvalue weighted by Crippen LogP contribution is -2.32. The number of carbonyl (C=O) groups is 1. The van der Waals surface area contributed by atoms with Crippen molar-refractivity contribution in [1.82, 2.24) is 10.3 Å². The fraction of sp³-hybridized carbons (Fsp3) is 0.300. The minimum absolute atomic E-state index is 0.0185. The fourth-order valence-electron chi connectivity index (χ4n) is 3.59.